The Bertz CT molecular complexity index is 434. The minimum Gasteiger partial charge on any atom is -0.364 e. The zero-order valence-corrected chi connectivity index (χ0v) is 6.11. The molecule has 5 nitrogen and oxygen atoms in total. The van der Waals surface area contributed by atoms with Crippen molar-refractivity contribution in [2.75, 3.05) is 0 Å². The van der Waals surface area contributed by atoms with E-state index in [1.54, 1.807) is 18.3 Å². The van der Waals surface area contributed by atoms with E-state index in [-0.39, 0.29) is 5.69 Å². The van der Waals surface area contributed by atoms with E-state index in [2.05, 4.69) is 15.2 Å². The molecule has 12 heavy (non-hydrogen) atoms. The molecule has 0 aliphatic carbocycles. The van der Waals surface area contributed by atoms with Crippen molar-refractivity contribution < 1.29 is 4.79 Å². The number of carbonyl (C=O) groups excluding carboxylic acids is 1. The van der Waals surface area contributed by atoms with Gasteiger partial charge < -0.3 is 5.73 Å². The van der Waals surface area contributed by atoms with Gasteiger partial charge in [0.05, 0.1) is 6.20 Å². The summed E-state index contributed by atoms with van der Waals surface area (Å²) in [4.78, 5) is 14.6. The molecule has 1 amide bonds. The van der Waals surface area contributed by atoms with Crippen LogP contribution in [0.5, 0.6) is 0 Å². The van der Waals surface area contributed by atoms with Gasteiger partial charge >= 0.3 is 0 Å². The fourth-order valence-electron chi connectivity index (χ4n) is 0.964. The Morgan fingerprint density at radius 1 is 1.50 bits per heavy atom. The summed E-state index contributed by atoms with van der Waals surface area (Å²) in [5.74, 6) is -0.536. The highest BCUT2D eigenvalue weighted by Gasteiger charge is 2.03. The topological polar surface area (TPSA) is 84.7 Å². The lowest BCUT2D eigenvalue weighted by Crippen LogP contribution is -2.12. The van der Waals surface area contributed by atoms with Crippen LogP contribution in [0.15, 0.2) is 18.3 Å². The van der Waals surface area contributed by atoms with Gasteiger partial charge in [0.2, 0.25) is 0 Å². The van der Waals surface area contributed by atoms with Crippen LogP contribution in [0.1, 0.15) is 10.5 Å². The molecule has 2 aromatic rings. The number of nitrogens with zero attached hydrogens (tertiary/aromatic N) is 2. The molecule has 0 spiro atoms. The molecule has 0 saturated heterocycles. The lowest BCUT2D eigenvalue weighted by Gasteiger charge is -1.92. The molecule has 0 saturated carbocycles. The fraction of sp³-hybridized carbons (Fsp3) is 0. The lowest BCUT2D eigenvalue weighted by molar-refractivity contribution is 0.0996. The summed E-state index contributed by atoms with van der Waals surface area (Å²) in [5, 5.41) is 7.27. The van der Waals surface area contributed by atoms with Crippen molar-refractivity contribution >= 4 is 16.9 Å². The summed E-state index contributed by atoms with van der Waals surface area (Å²) in [6.07, 6.45) is 1.63. The lowest BCUT2D eigenvalue weighted by atomic mass is 10.3. The van der Waals surface area contributed by atoms with Gasteiger partial charge in [-0.15, -0.1) is 0 Å². The van der Waals surface area contributed by atoms with Crippen molar-refractivity contribution in [1.82, 2.24) is 15.2 Å². The van der Waals surface area contributed by atoms with Crippen LogP contribution in [0.3, 0.4) is 0 Å². The smallest absolute Gasteiger partial charge is 0.267 e. The molecule has 2 rings (SSSR count). The molecular weight excluding hydrogens is 156 g/mol. The highest BCUT2D eigenvalue weighted by molar-refractivity contribution is 5.92. The van der Waals surface area contributed by atoms with E-state index in [1.165, 1.54) is 0 Å². The van der Waals surface area contributed by atoms with E-state index in [1.807, 2.05) is 0 Å². The molecule has 0 atom stereocenters. The van der Waals surface area contributed by atoms with E-state index in [4.69, 9.17) is 5.73 Å². The third kappa shape index (κ3) is 0.914. The predicted octanol–water partition coefficient (Wildman–Crippen LogP) is 0.0568. The zero-order valence-electron chi connectivity index (χ0n) is 6.11. The molecular formula is C7H6N4O. The second-order valence-corrected chi connectivity index (χ2v) is 2.37. The van der Waals surface area contributed by atoms with Crippen LogP contribution in [0, 0.1) is 0 Å². The number of primary amides is 1. The van der Waals surface area contributed by atoms with Gasteiger partial charge in [0.25, 0.3) is 5.91 Å². The average molecular weight is 162 g/mol. The number of nitrogens with two attached hydrogens (primary N) is 1. The Morgan fingerprint density at radius 2 is 2.33 bits per heavy atom. The number of nitrogens with one attached hydrogen (secondary N) is 1. The summed E-state index contributed by atoms with van der Waals surface area (Å²) in [5.41, 5.74) is 5.86. The number of hydrogen-bond donors (Lipinski definition) is 2. The van der Waals surface area contributed by atoms with Crippen LogP contribution in [-0.2, 0) is 0 Å². The van der Waals surface area contributed by atoms with Crippen molar-refractivity contribution in [2.45, 2.75) is 0 Å². The summed E-state index contributed by atoms with van der Waals surface area (Å²) in [6, 6.07) is 3.31. The summed E-state index contributed by atoms with van der Waals surface area (Å²) < 4.78 is 0. The van der Waals surface area contributed by atoms with Gasteiger partial charge in [-0.1, -0.05) is 0 Å². The number of H-pyrrole nitrogens is 1. The van der Waals surface area contributed by atoms with E-state index >= 15 is 0 Å². The van der Waals surface area contributed by atoms with Crippen LogP contribution in [-0.4, -0.2) is 21.1 Å². The molecule has 0 aliphatic rings. The van der Waals surface area contributed by atoms with Gasteiger partial charge in [0.15, 0.2) is 5.65 Å². The fourth-order valence-corrected chi connectivity index (χ4v) is 0.964. The largest absolute Gasteiger partial charge is 0.364 e. The van der Waals surface area contributed by atoms with Gasteiger partial charge in [-0.25, -0.2) is 4.98 Å². The number of carbonyl (C=O) groups is 1. The first-order valence-corrected chi connectivity index (χ1v) is 3.37. The highest BCUT2D eigenvalue weighted by Crippen LogP contribution is 2.07. The molecule has 2 heterocycles. The van der Waals surface area contributed by atoms with Crippen molar-refractivity contribution in [3.8, 4) is 0 Å². The van der Waals surface area contributed by atoms with Crippen LogP contribution in [0.25, 0.3) is 11.0 Å². The summed E-state index contributed by atoms with van der Waals surface area (Å²) >= 11 is 0. The molecule has 0 aliphatic heterocycles. The SMILES string of the molecule is NC(=O)c1ccc2cn[nH]c2n1. The maximum Gasteiger partial charge on any atom is 0.267 e. The van der Waals surface area contributed by atoms with Gasteiger partial charge in [-0.05, 0) is 12.1 Å². The molecule has 0 aromatic carbocycles. The number of pyridine rings is 1. The Labute approximate surface area is 67.6 Å². The first-order valence-electron chi connectivity index (χ1n) is 3.37. The first-order chi connectivity index (χ1) is 5.77. The van der Waals surface area contributed by atoms with Gasteiger partial charge in [0.1, 0.15) is 5.69 Å². The van der Waals surface area contributed by atoms with Crippen LogP contribution >= 0.6 is 0 Å². The van der Waals surface area contributed by atoms with Gasteiger partial charge in [0, 0.05) is 5.39 Å². The Balaban J connectivity index is 2.68. The third-order valence-corrected chi connectivity index (χ3v) is 1.55. The van der Waals surface area contributed by atoms with E-state index in [0.717, 1.165) is 5.39 Å². The van der Waals surface area contributed by atoms with E-state index in [0.29, 0.717) is 5.65 Å². The number of aromatic nitrogens is 3. The van der Waals surface area contributed by atoms with Crippen LogP contribution < -0.4 is 5.73 Å². The minimum atomic E-state index is -0.536. The van der Waals surface area contributed by atoms with E-state index < -0.39 is 5.91 Å². The maximum atomic E-state index is 10.7. The third-order valence-electron chi connectivity index (χ3n) is 1.55. The normalized spacial score (nSPS) is 10.3. The molecule has 60 valence electrons. The second kappa shape index (κ2) is 2.30. The van der Waals surface area contributed by atoms with Crippen molar-refractivity contribution in [3.05, 3.63) is 24.0 Å². The highest BCUT2D eigenvalue weighted by atomic mass is 16.1. The minimum absolute atomic E-state index is 0.242. The maximum absolute atomic E-state index is 10.7. The molecule has 0 fully saturated rings. The monoisotopic (exact) mass is 162 g/mol. The Morgan fingerprint density at radius 3 is 3.08 bits per heavy atom. The number of amides is 1. The Kier molecular flexibility index (Phi) is 1.30. The number of rotatable bonds is 1. The van der Waals surface area contributed by atoms with Gasteiger partial charge in [-0.3, -0.25) is 9.89 Å². The van der Waals surface area contributed by atoms with Crippen LogP contribution in [0.2, 0.25) is 0 Å². The molecule has 0 bridgehead atoms. The quantitative estimate of drug-likeness (QED) is 0.621. The molecule has 2 aromatic heterocycles. The zero-order chi connectivity index (χ0) is 8.55. The predicted molar refractivity (Wildman–Crippen MR) is 42.4 cm³/mol. The molecule has 5 heteroatoms. The Hall–Kier alpha value is -1.91. The van der Waals surface area contributed by atoms with Crippen LogP contribution in [0.4, 0.5) is 0 Å². The van der Waals surface area contributed by atoms with Gasteiger partial charge in [-0.2, -0.15) is 5.10 Å². The standard InChI is InChI=1S/C7H6N4O/c8-6(12)5-2-1-4-3-9-11-7(4)10-5/h1-3H,(H2,8,12)(H,9,10,11). The number of fused-ring (bicyclic) bond motifs is 1. The number of aromatic amines is 1. The molecule has 0 radical (unpaired) electrons. The second-order valence-electron chi connectivity index (χ2n) is 2.37. The van der Waals surface area contributed by atoms with Crippen molar-refractivity contribution in [2.24, 2.45) is 5.73 Å². The average Bonchev–Trinajstić information content (AvgIpc) is 2.49. The van der Waals surface area contributed by atoms with Crippen molar-refractivity contribution in [1.29, 1.82) is 0 Å². The molecule has 0 unspecified atom stereocenters. The molecule has 3 N–H and O–H groups in total. The van der Waals surface area contributed by atoms with E-state index in [9.17, 15) is 4.79 Å². The van der Waals surface area contributed by atoms with Crippen molar-refractivity contribution in [3.63, 3.8) is 0 Å². The summed E-state index contributed by atoms with van der Waals surface area (Å²) in [7, 11) is 0. The summed E-state index contributed by atoms with van der Waals surface area (Å²) in [6.45, 7) is 0. The number of hydrogen-bond acceptors (Lipinski definition) is 3. The first kappa shape index (κ1) is 6.78.